The topological polar surface area (TPSA) is 96.3 Å². The average Bonchev–Trinajstić information content (AvgIpc) is 3.50. The van der Waals surface area contributed by atoms with E-state index in [1.54, 1.807) is 43.0 Å². The van der Waals surface area contributed by atoms with Crippen molar-refractivity contribution in [1.29, 1.82) is 0 Å². The molecule has 9 nitrogen and oxygen atoms in total. The van der Waals surface area contributed by atoms with Crippen LogP contribution in [-0.4, -0.2) is 34.7 Å². The van der Waals surface area contributed by atoms with Gasteiger partial charge in [-0.2, -0.15) is 10.1 Å². The number of carbonyl (C=O) groups excluding carboxylic acids is 1. The minimum atomic E-state index is -0.702. The zero-order valence-electron chi connectivity index (χ0n) is 22.0. The maximum Gasteiger partial charge on any atom is 0.282 e. The molecule has 0 radical (unpaired) electrons. The van der Waals surface area contributed by atoms with E-state index in [1.165, 1.54) is 52.1 Å². The molecule has 2 aromatic carbocycles. The summed E-state index contributed by atoms with van der Waals surface area (Å²) >= 11 is 0. The van der Waals surface area contributed by atoms with Crippen molar-refractivity contribution in [2.45, 2.75) is 13.3 Å². The Morgan fingerprint density at radius 2 is 1.80 bits per heavy atom. The van der Waals surface area contributed by atoms with Gasteiger partial charge in [-0.05, 0) is 67.1 Å². The molecular formula is C30H22F2N6O3. The molecule has 0 fully saturated rings. The second-order valence-electron chi connectivity index (χ2n) is 9.35. The minimum absolute atomic E-state index is 0.0174. The summed E-state index contributed by atoms with van der Waals surface area (Å²) in [4.78, 5) is 35.0. The number of hydrogen-bond acceptors (Lipinski definition) is 6. The molecule has 0 saturated heterocycles. The Morgan fingerprint density at radius 3 is 2.54 bits per heavy atom. The molecule has 0 bridgehead atoms. The van der Waals surface area contributed by atoms with Crippen molar-refractivity contribution in [3.8, 4) is 28.6 Å². The van der Waals surface area contributed by atoms with Gasteiger partial charge in [-0.15, -0.1) is 0 Å². The van der Waals surface area contributed by atoms with Crippen molar-refractivity contribution < 1.29 is 18.3 Å². The molecule has 0 unspecified atom stereocenters. The molecule has 0 amide bonds. The van der Waals surface area contributed by atoms with Crippen molar-refractivity contribution >= 4 is 11.3 Å². The number of ketones is 1. The van der Waals surface area contributed by atoms with E-state index >= 15 is 4.39 Å². The number of nitrogens with zero attached hydrogens (tertiary/aromatic N) is 6. The van der Waals surface area contributed by atoms with Gasteiger partial charge in [0.15, 0.2) is 17.3 Å². The fraction of sp³-hybridized carbons (Fsp3) is 0.100. The number of pyridine rings is 1. The fourth-order valence-corrected chi connectivity index (χ4v) is 4.75. The van der Waals surface area contributed by atoms with E-state index < -0.39 is 23.0 Å². The van der Waals surface area contributed by atoms with Crippen LogP contribution in [0.2, 0.25) is 0 Å². The van der Waals surface area contributed by atoms with Crippen LogP contribution in [0.4, 0.5) is 8.78 Å². The summed E-state index contributed by atoms with van der Waals surface area (Å²) < 4.78 is 38.9. The van der Waals surface area contributed by atoms with Crippen molar-refractivity contribution in [2.75, 3.05) is 0 Å². The molecule has 0 aliphatic rings. The lowest BCUT2D eigenvalue weighted by Crippen LogP contribution is -2.23. The van der Waals surface area contributed by atoms with Gasteiger partial charge in [0.25, 0.3) is 5.56 Å². The number of Topliss-reactive ketones (excluding diaryl/α,β-unsaturated/α-hetero) is 1. The Hall–Kier alpha value is -5.45. The molecule has 0 aliphatic carbocycles. The third-order valence-corrected chi connectivity index (χ3v) is 6.83. The first-order valence-electron chi connectivity index (χ1n) is 12.6. The van der Waals surface area contributed by atoms with E-state index in [1.807, 2.05) is 18.2 Å². The second-order valence-corrected chi connectivity index (χ2v) is 9.35. The van der Waals surface area contributed by atoms with Crippen LogP contribution in [0.5, 0.6) is 11.6 Å². The molecule has 11 heteroatoms. The van der Waals surface area contributed by atoms with Crippen LogP contribution < -0.4 is 10.3 Å². The fourth-order valence-electron chi connectivity index (χ4n) is 4.75. The number of ether oxygens (including phenoxy) is 1. The lowest BCUT2D eigenvalue weighted by atomic mass is 10.0. The van der Waals surface area contributed by atoms with E-state index in [2.05, 4.69) is 15.1 Å². The zero-order chi connectivity index (χ0) is 28.7. The number of hydrogen-bond donors (Lipinski definition) is 0. The van der Waals surface area contributed by atoms with Gasteiger partial charge < -0.3 is 4.74 Å². The van der Waals surface area contributed by atoms with E-state index in [9.17, 15) is 14.0 Å². The maximum atomic E-state index is 15.2. The first-order valence-corrected chi connectivity index (χ1v) is 12.6. The monoisotopic (exact) mass is 552 g/mol. The Labute approximate surface area is 231 Å². The van der Waals surface area contributed by atoms with Gasteiger partial charge in [0.1, 0.15) is 23.2 Å². The molecule has 0 spiro atoms. The second kappa shape index (κ2) is 10.3. The number of carbonyl (C=O) groups is 1. The minimum Gasteiger partial charge on any atom is -0.434 e. The Bertz CT molecular complexity index is 1980. The predicted octanol–water partition coefficient (Wildman–Crippen LogP) is 5.09. The van der Waals surface area contributed by atoms with Crippen molar-refractivity contribution in [1.82, 2.24) is 28.9 Å². The van der Waals surface area contributed by atoms with Crippen molar-refractivity contribution in [3.63, 3.8) is 0 Å². The largest absolute Gasteiger partial charge is 0.434 e. The number of aromatic nitrogens is 6. The summed E-state index contributed by atoms with van der Waals surface area (Å²) in [5.41, 5.74) is 2.58. The van der Waals surface area contributed by atoms with E-state index in [-0.39, 0.29) is 23.6 Å². The molecular weight excluding hydrogens is 530 g/mol. The lowest BCUT2D eigenvalue weighted by molar-refractivity contribution is 0.0991. The van der Waals surface area contributed by atoms with Crippen LogP contribution in [0.3, 0.4) is 0 Å². The molecule has 0 saturated carbocycles. The molecule has 0 aliphatic heterocycles. The highest BCUT2D eigenvalue weighted by molar-refractivity contribution is 5.98. The quantitative estimate of drug-likeness (QED) is 0.256. The number of halogens is 2. The highest BCUT2D eigenvalue weighted by atomic mass is 19.1. The van der Waals surface area contributed by atoms with Gasteiger partial charge in [0.05, 0.1) is 11.4 Å². The zero-order valence-corrected chi connectivity index (χ0v) is 22.0. The molecule has 0 N–H and O–H groups in total. The molecule has 6 aromatic rings. The highest BCUT2D eigenvalue weighted by Gasteiger charge is 2.23. The smallest absolute Gasteiger partial charge is 0.282 e. The summed E-state index contributed by atoms with van der Waals surface area (Å²) in [6, 6.07) is 16.9. The van der Waals surface area contributed by atoms with Crippen molar-refractivity contribution in [2.24, 2.45) is 7.05 Å². The van der Waals surface area contributed by atoms with Gasteiger partial charge in [-0.3, -0.25) is 19.3 Å². The molecule has 41 heavy (non-hydrogen) atoms. The van der Waals surface area contributed by atoms with E-state index in [0.717, 1.165) is 0 Å². The lowest BCUT2D eigenvalue weighted by Gasteiger charge is -2.10. The van der Waals surface area contributed by atoms with Gasteiger partial charge in [-0.1, -0.05) is 12.1 Å². The standard InChI is InChI=1S/C30H22F2N6O3/c1-18-27(30(40)38(36(18)2)21-9-7-20(31)8-10-21)25(39)16-19-6-11-26(23(32)15-19)41-29-28-22(24-5-3-4-13-33-24)12-14-37(28)35-17-34-29/h3-15,17H,16H2,1-2H3. The van der Waals surface area contributed by atoms with Gasteiger partial charge in [0, 0.05) is 37.1 Å². The molecule has 0 atom stereocenters. The SMILES string of the molecule is Cc1c(C(=O)Cc2ccc(Oc3ncnn4ccc(-c5ccccn5)c34)c(F)c2)c(=O)n(-c2ccc(F)cc2)n1C. The van der Waals surface area contributed by atoms with Gasteiger partial charge in [0.2, 0.25) is 5.88 Å². The predicted molar refractivity (Wildman–Crippen MR) is 146 cm³/mol. The first-order chi connectivity index (χ1) is 19.8. The number of benzene rings is 2. The summed E-state index contributed by atoms with van der Waals surface area (Å²) in [6.45, 7) is 1.65. The van der Waals surface area contributed by atoms with Gasteiger partial charge in [-0.25, -0.2) is 18.0 Å². The van der Waals surface area contributed by atoms with Crippen LogP contribution in [0.15, 0.2) is 90.2 Å². The van der Waals surface area contributed by atoms with Gasteiger partial charge >= 0.3 is 0 Å². The summed E-state index contributed by atoms with van der Waals surface area (Å²) in [5, 5.41) is 4.19. The average molecular weight is 553 g/mol. The molecule has 4 heterocycles. The third-order valence-electron chi connectivity index (χ3n) is 6.83. The third kappa shape index (κ3) is 4.67. The molecule has 6 rings (SSSR count). The molecule has 4 aromatic heterocycles. The number of rotatable bonds is 7. The van der Waals surface area contributed by atoms with Crippen LogP contribution in [-0.2, 0) is 13.5 Å². The Kier molecular flexibility index (Phi) is 6.46. The highest BCUT2D eigenvalue weighted by Crippen LogP contribution is 2.33. The first kappa shape index (κ1) is 25.8. The van der Waals surface area contributed by atoms with E-state index in [4.69, 9.17) is 4.74 Å². The van der Waals surface area contributed by atoms with E-state index in [0.29, 0.717) is 33.7 Å². The summed E-state index contributed by atoms with van der Waals surface area (Å²) in [5.74, 6) is -1.57. The van der Waals surface area contributed by atoms with Crippen LogP contribution in [0, 0.1) is 18.6 Å². The van der Waals surface area contributed by atoms with Crippen molar-refractivity contribution in [3.05, 3.63) is 124 Å². The summed E-state index contributed by atoms with van der Waals surface area (Å²) in [7, 11) is 1.64. The Balaban J connectivity index is 1.27. The van der Waals surface area contributed by atoms with Crippen LogP contribution >= 0.6 is 0 Å². The van der Waals surface area contributed by atoms with Crippen LogP contribution in [0.25, 0.3) is 22.5 Å². The summed E-state index contributed by atoms with van der Waals surface area (Å²) in [6.07, 6.45) is 4.49. The Morgan fingerprint density at radius 1 is 1.00 bits per heavy atom. The van der Waals surface area contributed by atoms with Crippen LogP contribution in [0.1, 0.15) is 21.6 Å². The normalized spacial score (nSPS) is 11.2. The number of fused-ring (bicyclic) bond motifs is 1. The molecule has 204 valence electrons. The maximum absolute atomic E-state index is 15.2.